The maximum atomic E-state index is 9.32. The maximum Gasteiger partial charge on any atom is 0.214 e. The van der Waals surface area contributed by atoms with Gasteiger partial charge in [0.15, 0.2) is 0 Å². The van der Waals surface area contributed by atoms with E-state index in [-0.39, 0.29) is 6.61 Å². The highest BCUT2D eigenvalue weighted by Crippen LogP contribution is 2.33. The summed E-state index contributed by atoms with van der Waals surface area (Å²) in [5, 5.41) is 9.32. The highest BCUT2D eigenvalue weighted by molar-refractivity contribution is 5.66. The first-order valence-electron chi connectivity index (χ1n) is 8.31. The number of aliphatic hydroxyl groups is 1. The van der Waals surface area contributed by atoms with Crippen LogP contribution in [0.4, 0.5) is 0 Å². The van der Waals surface area contributed by atoms with Gasteiger partial charge in [-0.2, -0.15) is 0 Å². The van der Waals surface area contributed by atoms with E-state index in [1.807, 2.05) is 24.3 Å². The molecule has 4 rings (SSSR count). The van der Waals surface area contributed by atoms with Crippen molar-refractivity contribution in [2.45, 2.75) is 32.5 Å². The molecule has 0 atom stereocenters. The highest BCUT2D eigenvalue weighted by atomic mass is 16.5. The van der Waals surface area contributed by atoms with Crippen LogP contribution >= 0.6 is 0 Å². The van der Waals surface area contributed by atoms with E-state index in [4.69, 9.17) is 4.74 Å². The number of hydrogen-bond acceptors (Lipinski definition) is 6. The van der Waals surface area contributed by atoms with E-state index < -0.39 is 0 Å². The SMILES string of the molecule is OCc1cncc(-c2cc(OCc3ccccn3)nc3c2CCC3)n1. The second-order valence-electron chi connectivity index (χ2n) is 5.95. The van der Waals surface area contributed by atoms with E-state index >= 15 is 0 Å². The topological polar surface area (TPSA) is 81.0 Å². The Labute approximate surface area is 145 Å². The molecule has 1 aliphatic carbocycles. The van der Waals surface area contributed by atoms with Crippen LogP contribution in [-0.4, -0.2) is 25.0 Å². The average Bonchev–Trinajstić information content (AvgIpc) is 3.15. The molecule has 3 heterocycles. The second kappa shape index (κ2) is 6.94. The van der Waals surface area contributed by atoms with Crippen LogP contribution in [0.3, 0.4) is 0 Å². The second-order valence-corrected chi connectivity index (χ2v) is 5.95. The lowest BCUT2D eigenvalue weighted by Crippen LogP contribution is -2.03. The van der Waals surface area contributed by atoms with E-state index in [9.17, 15) is 5.11 Å². The maximum absolute atomic E-state index is 9.32. The van der Waals surface area contributed by atoms with E-state index in [0.29, 0.717) is 18.2 Å². The summed E-state index contributed by atoms with van der Waals surface area (Å²) in [6.45, 7) is 0.242. The first kappa shape index (κ1) is 15.7. The number of rotatable bonds is 5. The lowest BCUT2D eigenvalue weighted by atomic mass is 10.0. The molecule has 0 saturated heterocycles. The Morgan fingerprint density at radius 2 is 2.04 bits per heavy atom. The van der Waals surface area contributed by atoms with Gasteiger partial charge in [-0.05, 0) is 37.0 Å². The lowest BCUT2D eigenvalue weighted by molar-refractivity contribution is 0.276. The van der Waals surface area contributed by atoms with Gasteiger partial charge in [-0.25, -0.2) is 9.97 Å². The Balaban J connectivity index is 1.67. The van der Waals surface area contributed by atoms with Gasteiger partial charge in [-0.15, -0.1) is 0 Å². The fourth-order valence-electron chi connectivity index (χ4n) is 3.06. The van der Waals surface area contributed by atoms with Gasteiger partial charge in [0.1, 0.15) is 6.61 Å². The first-order valence-corrected chi connectivity index (χ1v) is 8.31. The molecule has 25 heavy (non-hydrogen) atoms. The standard InChI is InChI=1S/C19H18N4O2/c24-11-14-9-20-10-18(22-14)16-8-19(23-17-6-3-5-15(16)17)25-12-13-4-1-2-7-21-13/h1-2,4,7-10,24H,3,5-6,11-12H2. The third kappa shape index (κ3) is 3.34. The Morgan fingerprint density at radius 1 is 1.08 bits per heavy atom. The normalized spacial score (nSPS) is 12.8. The van der Waals surface area contributed by atoms with E-state index in [2.05, 4.69) is 19.9 Å². The minimum Gasteiger partial charge on any atom is -0.471 e. The molecule has 6 nitrogen and oxygen atoms in total. The van der Waals surface area contributed by atoms with Gasteiger partial charge < -0.3 is 9.84 Å². The van der Waals surface area contributed by atoms with Crippen LogP contribution in [0.5, 0.6) is 5.88 Å². The predicted octanol–water partition coefficient (Wildman–Crippen LogP) is 2.49. The number of fused-ring (bicyclic) bond motifs is 1. The van der Waals surface area contributed by atoms with Crippen LogP contribution in [0.2, 0.25) is 0 Å². The molecular formula is C19H18N4O2. The number of nitrogens with zero attached hydrogens (tertiary/aromatic N) is 4. The van der Waals surface area contributed by atoms with Crippen molar-refractivity contribution in [2.24, 2.45) is 0 Å². The number of hydrogen-bond donors (Lipinski definition) is 1. The summed E-state index contributed by atoms with van der Waals surface area (Å²) in [5.74, 6) is 0.567. The van der Waals surface area contributed by atoms with Gasteiger partial charge in [-0.1, -0.05) is 6.07 Å². The molecule has 126 valence electrons. The fourth-order valence-corrected chi connectivity index (χ4v) is 3.06. The van der Waals surface area contributed by atoms with Crippen molar-refractivity contribution >= 4 is 0 Å². The van der Waals surface area contributed by atoms with Gasteiger partial charge in [0.05, 0.1) is 36.1 Å². The molecule has 0 aromatic carbocycles. The zero-order valence-corrected chi connectivity index (χ0v) is 13.7. The van der Waals surface area contributed by atoms with Gasteiger partial charge in [-0.3, -0.25) is 9.97 Å². The van der Waals surface area contributed by atoms with Gasteiger partial charge in [0.2, 0.25) is 5.88 Å². The zero-order chi connectivity index (χ0) is 17.1. The molecule has 6 heteroatoms. The third-order valence-corrected chi connectivity index (χ3v) is 4.24. The molecule has 1 N–H and O–H groups in total. The van der Waals surface area contributed by atoms with E-state index in [1.54, 1.807) is 18.6 Å². The Bertz CT molecular complexity index is 884. The molecule has 0 bridgehead atoms. The highest BCUT2D eigenvalue weighted by Gasteiger charge is 2.20. The molecule has 0 saturated carbocycles. The predicted molar refractivity (Wildman–Crippen MR) is 91.8 cm³/mol. The van der Waals surface area contributed by atoms with Crippen molar-refractivity contribution in [1.29, 1.82) is 0 Å². The summed E-state index contributed by atoms with van der Waals surface area (Å²) in [5.41, 5.74) is 5.40. The molecule has 0 unspecified atom stereocenters. The molecule has 3 aromatic heterocycles. The third-order valence-electron chi connectivity index (χ3n) is 4.24. The van der Waals surface area contributed by atoms with Crippen molar-refractivity contribution < 1.29 is 9.84 Å². The summed E-state index contributed by atoms with van der Waals surface area (Å²) >= 11 is 0. The largest absolute Gasteiger partial charge is 0.471 e. The number of aliphatic hydroxyl groups excluding tert-OH is 1. The summed E-state index contributed by atoms with van der Waals surface area (Å²) in [6, 6.07) is 7.65. The van der Waals surface area contributed by atoms with Crippen LogP contribution < -0.4 is 4.74 Å². The van der Waals surface area contributed by atoms with Crippen molar-refractivity contribution in [2.75, 3.05) is 0 Å². The molecule has 0 fully saturated rings. The van der Waals surface area contributed by atoms with Crippen LogP contribution in [0.1, 0.15) is 29.1 Å². The van der Waals surface area contributed by atoms with Gasteiger partial charge in [0.25, 0.3) is 0 Å². The summed E-state index contributed by atoms with van der Waals surface area (Å²) in [7, 11) is 0. The van der Waals surface area contributed by atoms with Crippen molar-refractivity contribution in [3.05, 3.63) is 65.5 Å². The Kier molecular flexibility index (Phi) is 4.35. The molecule has 0 spiro atoms. The van der Waals surface area contributed by atoms with Gasteiger partial charge in [0, 0.05) is 23.5 Å². The molecule has 3 aromatic rings. The van der Waals surface area contributed by atoms with Crippen LogP contribution in [-0.2, 0) is 26.1 Å². The Morgan fingerprint density at radius 3 is 2.88 bits per heavy atom. The molecule has 0 radical (unpaired) electrons. The van der Waals surface area contributed by atoms with Crippen molar-refractivity contribution in [3.63, 3.8) is 0 Å². The summed E-state index contributed by atoms with van der Waals surface area (Å²) in [6.07, 6.45) is 8.03. The minimum atomic E-state index is -0.128. The van der Waals surface area contributed by atoms with Crippen molar-refractivity contribution in [3.8, 4) is 17.1 Å². The van der Waals surface area contributed by atoms with Crippen LogP contribution in [0, 0.1) is 0 Å². The molecule has 1 aliphatic rings. The monoisotopic (exact) mass is 334 g/mol. The Hall–Kier alpha value is -2.86. The van der Waals surface area contributed by atoms with E-state index in [0.717, 1.165) is 41.9 Å². The average molecular weight is 334 g/mol. The van der Waals surface area contributed by atoms with Gasteiger partial charge >= 0.3 is 0 Å². The smallest absolute Gasteiger partial charge is 0.214 e. The molecule has 0 amide bonds. The first-order chi connectivity index (χ1) is 12.3. The molecular weight excluding hydrogens is 316 g/mol. The number of aromatic nitrogens is 4. The zero-order valence-electron chi connectivity index (χ0n) is 13.7. The van der Waals surface area contributed by atoms with Crippen molar-refractivity contribution in [1.82, 2.24) is 19.9 Å². The number of ether oxygens (including phenoxy) is 1. The van der Waals surface area contributed by atoms with Crippen LogP contribution in [0.15, 0.2) is 42.9 Å². The number of pyridine rings is 2. The summed E-state index contributed by atoms with van der Waals surface area (Å²) in [4.78, 5) is 17.6. The van der Waals surface area contributed by atoms with E-state index in [1.165, 1.54) is 5.56 Å². The van der Waals surface area contributed by atoms with Crippen LogP contribution in [0.25, 0.3) is 11.3 Å². The fraction of sp³-hybridized carbons (Fsp3) is 0.263. The summed E-state index contributed by atoms with van der Waals surface area (Å²) < 4.78 is 5.86. The molecule has 0 aliphatic heterocycles. The number of aryl methyl sites for hydroxylation is 1. The lowest BCUT2D eigenvalue weighted by Gasteiger charge is -2.12. The minimum absolute atomic E-state index is 0.128. The quantitative estimate of drug-likeness (QED) is 0.772.